The molecule has 0 unspecified atom stereocenters. The number of halogens is 1. The first-order valence-corrected chi connectivity index (χ1v) is 5.17. The molecule has 1 amide bonds. The molecule has 5 nitrogen and oxygen atoms in total. The van der Waals surface area contributed by atoms with Gasteiger partial charge in [-0.2, -0.15) is 5.11 Å². The van der Waals surface area contributed by atoms with Crippen LogP contribution in [0, 0.1) is 0 Å². The molecule has 84 valence electrons. The van der Waals surface area contributed by atoms with E-state index in [1.54, 1.807) is 24.3 Å². The molecule has 16 heavy (non-hydrogen) atoms. The molecule has 3 N–H and O–H groups in total. The number of azo groups is 1. The Hall–Kier alpha value is -1.69. The summed E-state index contributed by atoms with van der Waals surface area (Å²) in [6.07, 6.45) is 0. The molecule has 0 aliphatic rings. The fourth-order valence-corrected chi connectivity index (χ4v) is 1.18. The number of hydrogen-bond acceptors (Lipinski definition) is 4. The van der Waals surface area contributed by atoms with Crippen LogP contribution in [0.25, 0.3) is 0 Å². The van der Waals surface area contributed by atoms with Gasteiger partial charge in [-0.3, -0.25) is 4.79 Å². The topological polar surface area (TPSA) is 88.0 Å². The number of carbonyl (C=O) groups is 1. The Labute approximate surface area is 101 Å². The lowest BCUT2D eigenvalue weighted by Gasteiger charge is -1.96. The molecule has 0 aliphatic carbocycles. The van der Waals surface area contributed by atoms with Gasteiger partial charge in [-0.1, -0.05) is 15.9 Å². The summed E-state index contributed by atoms with van der Waals surface area (Å²) in [7, 11) is 0. The molecule has 6 heteroatoms. The number of aliphatic hydroxyl groups excluding tert-OH is 1. The predicted molar refractivity (Wildman–Crippen MR) is 63.2 cm³/mol. The Kier molecular flexibility index (Phi) is 4.19. The van der Waals surface area contributed by atoms with Gasteiger partial charge in [0, 0.05) is 4.47 Å². The first kappa shape index (κ1) is 12.4. The lowest BCUT2D eigenvalue weighted by atomic mass is 10.3. The maximum atomic E-state index is 10.9. The number of carbonyl (C=O) groups excluding carboxylic acids is 1. The second kappa shape index (κ2) is 5.41. The first-order valence-electron chi connectivity index (χ1n) is 4.37. The van der Waals surface area contributed by atoms with Gasteiger partial charge in [0.25, 0.3) is 5.91 Å². The second-order valence-electron chi connectivity index (χ2n) is 2.97. The van der Waals surface area contributed by atoms with E-state index in [1.165, 1.54) is 6.92 Å². The molecule has 1 rings (SSSR count). The van der Waals surface area contributed by atoms with Crippen molar-refractivity contribution in [3.8, 4) is 0 Å². The Morgan fingerprint density at radius 3 is 2.38 bits per heavy atom. The number of rotatable bonds is 3. The van der Waals surface area contributed by atoms with E-state index in [4.69, 9.17) is 10.8 Å². The summed E-state index contributed by atoms with van der Waals surface area (Å²) in [5.41, 5.74) is 5.32. The van der Waals surface area contributed by atoms with Crippen LogP contribution in [0.4, 0.5) is 5.69 Å². The highest BCUT2D eigenvalue weighted by molar-refractivity contribution is 9.10. The molecule has 0 heterocycles. The molecule has 0 radical (unpaired) electrons. The maximum Gasteiger partial charge on any atom is 0.272 e. The first-order chi connectivity index (χ1) is 7.50. The van der Waals surface area contributed by atoms with Crippen LogP contribution in [0.5, 0.6) is 0 Å². The highest BCUT2D eigenvalue weighted by Crippen LogP contribution is 2.18. The molecular formula is C10H10BrN3O2. The molecule has 0 aromatic heterocycles. The zero-order valence-electron chi connectivity index (χ0n) is 8.51. The van der Waals surface area contributed by atoms with Crippen LogP contribution < -0.4 is 5.73 Å². The van der Waals surface area contributed by atoms with E-state index in [0.717, 1.165) is 4.47 Å². The van der Waals surface area contributed by atoms with Crippen LogP contribution >= 0.6 is 15.9 Å². The van der Waals surface area contributed by atoms with E-state index in [-0.39, 0.29) is 11.5 Å². The van der Waals surface area contributed by atoms with Crippen molar-refractivity contribution in [1.82, 2.24) is 0 Å². The maximum absolute atomic E-state index is 10.9. The third kappa shape index (κ3) is 3.47. The zero-order chi connectivity index (χ0) is 12.1. The fraction of sp³-hybridized carbons (Fsp3) is 0.100. The highest BCUT2D eigenvalue weighted by atomic mass is 79.9. The van der Waals surface area contributed by atoms with Gasteiger partial charge in [0.15, 0.2) is 5.70 Å². The number of amides is 1. The van der Waals surface area contributed by atoms with E-state index in [0.29, 0.717) is 5.69 Å². The summed E-state index contributed by atoms with van der Waals surface area (Å²) in [5, 5.41) is 16.5. The molecular weight excluding hydrogens is 274 g/mol. The van der Waals surface area contributed by atoms with E-state index in [9.17, 15) is 4.79 Å². The van der Waals surface area contributed by atoms with Crippen molar-refractivity contribution in [3.05, 3.63) is 40.2 Å². The minimum Gasteiger partial charge on any atom is -0.510 e. The van der Waals surface area contributed by atoms with Gasteiger partial charge in [0.1, 0.15) is 5.76 Å². The smallest absolute Gasteiger partial charge is 0.272 e. The third-order valence-electron chi connectivity index (χ3n) is 1.67. The molecule has 0 atom stereocenters. The van der Waals surface area contributed by atoms with Crippen LogP contribution in [0.1, 0.15) is 6.92 Å². The van der Waals surface area contributed by atoms with Crippen LogP contribution in [0.15, 0.2) is 50.4 Å². The summed E-state index contributed by atoms with van der Waals surface area (Å²) in [4.78, 5) is 10.9. The monoisotopic (exact) mass is 283 g/mol. The summed E-state index contributed by atoms with van der Waals surface area (Å²) in [5.74, 6) is -1.07. The van der Waals surface area contributed by atoms with Crippen LogP contribution in [0.3, 0.4) is 0 Å². The lowest BCUT2D eigenvalue weighted by Crippen LogP contribution is -2.13. The van der Waals surface area contributed by atoms with Gasteiger partial charge in [-0.05, 0) is 31.2 Å². The Bertz CT molecular complexity index is 448. The van der Waals surface area contributed by atoms with Gasteiger partial charge in [-0.25, -0.2) is 0 Å². The quantitative estimate of drug-likeness (QED) is 0.508. The van der Waals surface area contributed by atoms with E-state index >= 15 is 0 Å². The van der Waals surface area contributed by atoms with Crippen molar-refractivity contribution in [2.24, 2.45) is 16.0 Å². The van der Waals surface area contributed by atoms with Crippen molar-refractivity contribution < 1.29 is 9.90 Å². The highest BCUT2D eigenvalue weighted by Gasteiger charge is 2.07. The summed E-state index contributed by atoms with van der Waals surface area (Å²) < 4.78 is 0.912. The lowest BCUT2D eigenvalue weighted by molar-refractivity contribution is -0.114. The molecule has 1 aromatic rings. The average Bonchev–Trinajstić information content (AvgIpc) is 2.20. The van der Waals surface area contributed by atoms with Gasteiger partial charge in [0.2, 0.25) is 0 Å². The van der Waals surface area contributed by atoms with E-state index in [2.05, 4.69) is 26.2 Å². The third-order valence-corrected chi connectivity index (χ3v) is 2.20. The molecule has 0 bridgehead atoms. The fourth-order valence-electron chi connectivity index (χ4n) is 0.915. The standard InChI is InChI=1S/C10H10BrN3O2/c1-6(15)9(10(12)16)14-13-8-4-2-7(11)3-5-8/h2-5,15H,1H3,(H2,12,16). The SMILES string of the molecule is CC(O)=C(N=Nc1ccc(Br)cc1)C(N)=O. The summed E-state index contributed by atoms with van der Waals surface area (Å²) in [6.45, 7) is 1.32. The average molecular weight is 284 g/mol. The molecule has 1 aromatic carbocycles. The Morgan fingerprint density at radius 1 is 1.38 bits per heavy atom. The minimum atomic E-state index is -0.819. The van der Waals surface area contributed by atoms with Crippen molar-refractivity contribution in [2.45, 2.75) is 6.92 Å². The van der Waals surface area contributed by atoms with Gasteiger partial charge in [0.05, 0.1) is 5.69 Å². The van der Waals surface area contributed by atoms with Crippen molar-refractivity contribution >= 4 is 27.5 Å². The van der Waals surface area contributed by atoms with Crippen molar-refractivity contribution in [1.29, 1.82) is 0 Å². The Balaban J connectivity index is 2.92. The number of hydrogen-bond donors (Lipinski definition) is 2. The van der Waals surface area contributed by atoms with Crippen LogP contribution in [0.2, 0.25) is 0 Å². The molecule has 0 saturated heterocycles. The van der Waals surface area contributed by atoms with Crippen LogP contribution in [-0.2, 0) is 4.79 Å². The zero-order valence-corrected chi connectivity index (χ0v) is 10.1. The normalized spacial score (nSPS) is 12.6. The van der Waals surface area contributed by atoms with E-state index < -0.39 is 5.91 Å². The summed E-state index contributed by atoms with van der Waals surface area (Å²) >= 11 is 3.28. The van der Waals surface area contributed by atoms with Gasteiger partial charge in [-0.15, -0.1) is 5.11 Å². The number of allylic oxidation sites excluding steroid dienone is 1. The molecule has 0 fully saturated rings. The minimum absolute atomic E-state index is 0.247. The second-order valence-corrected chi connectivity index (χ2v) is 3.89. The molecule has 0 saturated carbocycles. The molecule has 0 spiro atoms. The van der Waals surface area contributed by atoms with Crippen LogP contribution in [-0.4, -0.2) is 11.0 Å². The molecule has 0 aliphatic heterocycles. The van der Waals surface area contributed by atoms with Gasteiger partial charge < -0.3 is 10.8 Å². The predicted octanol–water partition coefficient (Wildman–Crippen LogP) is 2.81. The van der Waals surface area contributed by atoms with Crippen molar-refractivity contribution in [2.75, 3.05) is 0 Å². The van der Waals surface area contributed by atoms with E-state index in [1.807, 2.05) is 0 Å². The number of nitrogens with zero attached hydrogens (tertiary/aromatic N) is 2. The number of nitrogens with two attached hydrogens (primary N) is 1. The van der Waals surface area contributed by atoms with Gasteiger partial charge >= 0.3 is 0 Å². The number of benzene rings is 1. The largest absolute Gasteiger partial charge is 0.510 e. The summed E-state index contributed by atoms with van der Waals surface area (Å²) in [6, 6.07) is 6.99. The number of aliphatic hydroxyl groups is 1. The number of primary amides is 1. The van der Waals surface area contributed by atoms with Crippen molar-refractivity contribution in [3.63, 3.8) is 0 Å². The Morgan fingerprint density at radius 2 is 1.94 bits per heavy atom.